The Bertz CT molecular complexity index is 359. The van der Waals surface area contributed by atoms with Gasteiger partial charge in [0.2, 0.25) is 0 Å². The number of para-hydroxylation sites is 1. The van der Waals surface area contributed by atoms with Crippen LogP contribution in [0, 0.1) is 12.8 Å². The molecule has 94 valence electrons. The molecule has 0 aromatic heterocycles. The Morgan fingerprint density at radius 1 is 1.47 bits per heavy atom. The lowest BCUT2D eigenvalue weighted by Gasteiger charge is -2.22. The highest BCUT2D eigenvalue weighted by molar-refractivity contribution is 5.39. The molecule has 1 saturated heterocycles. The highest BCUT2D eigenvalue weighted by atomic mass is 16.5. The van der Waals surface area contributed by atoms with Crippen molar-refractivity contribution in [3.8, 4) is 5.75 Å². The van der Waals surface area contributed by atoms with Crippen molar-refractivity contribution in [2.45, 2.75) is 26.3 Å². The number of phenols is 1. The van der Waals surface area contributed by atoms with Crippen molar-refractivity contribution in [2.24, 2.45) is 5.92 Å². The van der Waals surface area contributed by atoms with Gasteiger partial charge in [-0.25, -0.2) is 0 Å². The van der Waals surface area contributed by atoms with Gasteiger partial charge in [0.1, 0.15) is 5.75 Å². The fourth-order valence-electron chi connectivity index (χ4n) is 2.24. The second-order valence-electron chi connectivity index (χ2n) is 4.80. The van der Waals surface area contributed by atoms with Gasteiger partial charge in [0, 0.05) is 25.3 Å². The average molecular weight is 235 g/mol. The molecular formula is C14H21NO2. The standard InChI is InChI=1S/C14H21NO2/c1-11-4-2-6-13(14(11)16)9-15-8-12-5-3-7-17-10-12/h2,4,6,12,15-16H,3,5,7-10H2,1H3. The van der Waals surface area contributed by atoms with Crippen molar-refractivity contribution in [1.29, 1.82) is 0 Å². The summed E-state index contributed by atoms with van der Waals surface area (Å²) in [5.74, 6) is 1.04. The van der Waals surface area contributed by atoms with Gasteiger partial charge in [-0.1, -0.05) is 18.2 Å². The van der Waals surface area contributed by atoms with E-state index in [-0.39, 0.29) is 0 Å². The summed E-state index contributed by atoms with van der Waals surface area (Å²) in [6, 6.07) is 5.87. The average Bonchev–Trinajstić information content (AvgIpc) is 2.36. The molecule has 1 fully saturated rings. The molecule has 0 radical (unpaired) electrons. The Balaban J connectivity index is 1.79. The summed E-state index contributed by atoms with van der Waals surface area (Å²) in [7, 11) is 0. The lowest BCUT2D eigenvalue weighted by atomic mass is 10.0. The van der Waals surface area contributed by atoms with Crippen LogP contribution in [0.1, 0.15) is 24.0 Å². The van der Waals surface area contributed by atoms with Gasteiger partial charge in [-0.2, -0.15) is 0 Å². The first-order valence-electron chi connectivity index (χ1n) is 6.33. The summed E-state index contributed by atoms with van der Waals surface area (Å²) in [6.07, 6.45) is 2.41. The maximum atomic E-state index is 9.87. The zero-order valence-corrected chi connectivity index (χ0v) is 10.4. The number of ether oxygens (including phenoxy) is 1. The molecule has 1 aliphatic rings. The number of rotatable bonds is 4. The third kappa shape index (κ3) is 3.45. The lowest BCUT2D eigenvalue weighted by molar-refractivity contribution is 0.0547. The van der Waals surface area contributed by atoms with Crippen LogP contribution in [0.25, 0.3) is 0 Å². The van der Waals surface area contributed by atoms with Crippen LogP contribution in [0.15, 0.2) is 18.2 Å². The summed E-state index contributed by atoms with van der Waals surface area (Å²) in [4.78, 5) is 0. The van der Waals surface area contributed by atoms with Gasteiger partial charge in [-0.15, -0.1) is 0 Å². The van der Waals surface area contributed by atoms with E-state index in [1.165, 1.54) is 12.8 Å². The van der Waals surface area contributed by atoms with Crippen molar-refractivity contribution in [2.75, 3.05) is 19.8 Å². The number of phenolic OH excluding ortho intramolecular Hbond substituents is 1. The van der Waals surface area contributed by atoms with Gasteiger partial charge in [0.05, 0.1) is 6.61 Å². The SMILES string of the molecule is Cc1cccc(CNCC2CCCOC2)c1O. The van der Waals surface area contributed by atoms with Crippen molar-refractivity contribution in [3.63, 3.8) is 0 Å². The van der Waals surface area contributed by atoms with Crippen LogP contribution in [0.2, 0.25) is 0 Å². The van der Waals surface area contributed by atoms with Crippen LogP contribution in [-0.4, -0.2) is 24.9 Å². The molecule has 0 bridgehead atoms. The highest BCUT2D eigenvalue weighted by Gasteiger charge is 2.13. The number of nitrogens with one attached hydrogen (secondary N) is 1. The van der Waals surface area contributed by atoms with E-state index >= 15 is 0 Å². The zero-order valence-electron chi connectivity index (χ0n) is 10.4. The molecule has 17 heavy (non-hydrogen) atoms. The first kappa shape index (κ1) is 12.4. The molecule has 1 aromatic rings. The van der Waals surface area contributed by atoms with Crippen LogP contribution in [0.4, 0.5) is 0 Å². The normalized spacial score (nSPS) is 20.4. The molecular weight excluding hydrogens is 214 g/mol. The van der Waals surface area contributed by atoms with Gasteiger partial charge in [-0.05, 0) is 31.2 Å². The van der Waals surface area contributed by atoms with Gasteiger partial charge in [-0.3, -0.25) is 0 Å². The second kappa shape index (κ2) is 6.03. The molecule has 1 heterocycles. The van der Waals surface area contributed by atoms with Crippen LogP contribution in [0.3, 0.4) is 0 Å². The van der Waals surface area contributed by atoms with E-state index in [0.29, 0.717) is 11.7 Å². The van der Waals surface area contributed by atoms with Crippen molar-refractivity contribution in [3.05, 3.63) is 29.3 Å². The number of aromatic hydroxyl groups is 1. The molecule has 2 rings (SSSR count). The Labute approximate surface area is 103 Å². The Morgan fingerprint density at radius 2 is 2.35 bits per heavy atom. The summed E-state index contributed by atoms with van der Waals surface area (Å²) in [5.41, 5.74) is 1.91. The molecule has 1 aromatic carbocycles. The first-order valence-corrected chi connectivity index (χ1v) is 6.33. The highest BCUT2D eigenvalue weighted by Crippen LogP contribution is 2.21. The third-order valence-electron chi connectivity index (χ3n) is 3.32. The molecule has 2 N–H and O–H groups in total. The van der Waals surface area contributed by atoms with E-state index in [2.05, 4.69) is 5.32 Å². The Kier molecular flexibility index (Phi) is 4.40. The maximum absolute atomic E-state index is 9.87. The first-order chi connectivity index (χ1) is 8.27. The molecule has 0 spiro atoms. The smallest absolute Gasteiger partial charge is 0.122 e. The quantitative estimate of drug-likeness (QED) is 0.840. The van der Waals surface area contributed by atoms with Crippen molar-refractivity contribution < 1.29 is 9.84 Å². The van der Waals surface area contributed by atoms with E-state index < -0.39 is 0 Å². The van der Waals surface area contributed by atoms with Gasteiger partial charge in [0.25, 0.3) is 0 Å². The summed E-state index contributed by atoms with van der Waals surface area (Å²) in [6.45, 7) is 5.40. The third-order valence-corrected chi connectivity index (χ3v) is 3.32. The van der Waals surface area contributed by atoms with E-state index in [4.69, 9.17) is 4.74 Å². The minimum atomic E-state index is 0.417. The van der Waals surface area contributed by atoms with Crippen LogP contribution < -0.4 is 5.32 Å². The maximum Gasteiger partial charge on any atom is 0.122 e. The van der Waals surface area contributed by atoms with Gasteiger partial charge < -0.3 is 15.2 Å². The molecule has 1 aliphatic heterocycles. The van der Waals surface area contributed by atoms with Crippen LogP contribution in [-0.2, 0) is 11.3 Å². The van der Waals surface area contributed by atoms with Crippen LogP contribution in [0.5, 0.6) is 5.75 Å². The largest absolute Gasteiger partial charge is 0.507 e. The molecule has 0 aliphatic carbocycles. The zero-order chi connectivity index (χ0) is 12.1. The summed E-state index contributed by atoms with van der Waals surface area (Å²) in [5, 5.41) is 13.3. The number of benzene rings is 1. The summed E-state index contributed by atoms with van der Waals surface area (Å²) >= 11 is 0. The lowest BCUT2D eigenvalue weighted by Crippen LogP contribution is -2.28. The minimum Gasteiger partial charge on any atom is -0.507 e. The molecule has 1 unspecified atom stereocenters. The molecule has 0 amide bonds. The minimum absolute atomic E-state index is 0.417. The number of hydrogen-bond donors (Lipinski definition) is 2. The second-order valence-corrected chi connectivity index (χ2v) is 4.80. The predicted octanol–water partition coefficient (Wildman–Crippen LogP) is 2.22. The fraction of sp³-hybridized carbons (Fsp3) is 0.571. The van der Waals surface area contributed by atoms with E-state index in [9.17, 15) is 5.11 Å². The summed E-state index contributed by atoms with van der Waals surface area (Å²) < 4.78 is 5.44. The monoisotopic (exact) mass is 235 g/mol. The Morgan fingerprint density at radius 3 is 3.12 bits per heavy atom. The molecule has 3 nitrogen and oxygen atoms in total. The van der Waals surface area contributed by atoms with Gasteiger partial charge >= 0.3 is 0 Å². The van der Waals surface area contributed by atoms with E-state index in [0.717, 1.165) is 37.4 Å². The number of aryl methyl sites for hydroxylation is 1. The predicted molar refractivity (Wildman–Crippen MR) is 68.1 cm³/mol. The molecule has 3 heteroatoms. The van der Waals surface area contributed by atoms with E-state index in [1.807, 2.05) is 25.1 Å². The van der Waals surface area contributed by atoms with E-state index in [1.54, 1.807) is 0 Å². The van der Waals surface area contributed by atoms with Crippen LogP contribution >= 0.6 is 0 Å². The van der Waals surface area contributed by atoms with Crippen molar-refractivity contribution >= 4 is 0 Å². The Hall–Kier alpha value is -1.06. The van der Waals surface area contributed by atoms with Crippen molar-refractivity contribution in [1.82, 2.24) is 5.32 Å². The molecule has 0 saturated carbocycles. The fourth-order valence-corrected chi connectivity index (χ4v) is 2.24. The number of hydrogen-bond acceptors (Lipinski definition) is 3. The van der Waals surface area contributed by atoms with Gasteiger partial charge in [0.15, 0.2) is 0 Å². The molecule has 1 atom stereocenters. The topological polar surface area (TPSA) is 41.5 Å².